The van der Waals surface area contributed by atoms with Gasteiger partial charge in [0.15, 0.2) is 0 Å². The van der Waals surface area contributed by atoms with E-state index in [0.717, 1.165) is 22.3 Å². The van der Waals surface area contributed by atoms with Crippen LogP contribution in [-0.4, -0.2) is 65.9 Å². The second-order valence-corrected chi connectivity index (χ2v) is 10.5. The largest absolute Gasteiger partial charge is 0.480 e. The fourth-order valence-corrected chi connectivity index (χ4v) is 5.15. The Hall–Kier alpha value is -3.39. The van der Waals surface area contributed by atoms with E-state index in [1.165, 1.54) is 0 Å². The highest BCUT2D eigenvalue weighted by molar-refractivity contribution is 5.81. The van der Waals surface area contributed by atoms with Gasteiger partial charge >= 0.3 is 18.0 Å². The van der Waals surface area contributed by atoms with E-state index >= 15 is 0 Å². The van der Waals surface area contributed by atoms with Gasteiger partial charge in [-0.15, -0.1) is 0 Å². The summed E-state index contributed by atoms with van der Waals surface area (Å²) in [6.45, 7) is 6.87. The molecule has 2 aromatic rings. The van der Waals surface area contributed by atoms with Crippen LogP contribution in [-0.2, 0) is 19.1 Å². The number of rotatable bonds is 7. The summed E-state index contributed by atoms with van der Waals surface area (Å²) < 4.78 is 10.9. The molecule has 2 N–H and O–H groups in total. The molecule has 1 heterocycles. The summed E-state index contributed by atoms with van der Waals surface area (Å²) >= 11 is 0. The fourth-order valence-electron chi connectivity index (χ4n) is 5.15. The fraction of sp³-hybridized carbons (Fsp3) is 0.464. The first-order chi connectivity index (χ1) is 17.1. The molecule has 0 saturated carbocycles. The molecule has 4 rings (SSSR count). The van der Waals surface area contributed by atoms with E-state index in [9.17, 15) is 19.5 Å². The van der Waals surface area contributed by atoms with Gasteiger partial charge in [0, 0.05) is 5.92 Å². The molecule has 0 aromatic heterocycles. The number of carboxylic acids is 1. The quantitative estimate of drug-likeness (QED) is 0.560. The number of hydrogen-bond acceptors (Lipinski definition) is 6. The molecular weight excluding hydrogens is 460 g/mol. The molecule has 1 amide bonds. The topological polar surface area (TPSA) is 105 Å². The SMILES string of the molecule is CC(C)(C)OC(=O)CN1CCC(C(NC(=O)OCC2c3ccccc3-c3ccccc32)C(=O)O)CC1. The number of piperidine rings is 1. The van der Waals surface area contributed by atoms with Crippen molar-refractivity contribution in [2.75, 3.05) is 26.2 Å². The highest BCUT2D eigenvalue weighted by Crippen LogP contribution is 2.44. The van der Waals surface area contributed by atoms with E-state index in [4.69, 9.17) is 9.47 Å². The van der Waals surface area contributed by atoms with Gasteiger partial charge in [0.2, 0.25) is 0 Å². The normalized spacial score (nSPS) is 17.1. The summed E-state index contributed by atoms with van der Waals surface area (Å²) in [6, 6.07) is 15.0. The molecule has 1 atom stereocenters. The number of likely N-dealkylation sites (tertiary alicyclic amines) is 1. The molecule has 1 aliphatic carbocycles. The Morgan fingerprint density at radius 3 is 2.08 bits per heavy atom. The molecule has 8 nitrogen and oxygen atoms in total. The zero-order chi connectivity index (χ0) is 25.9. The van der Waals surface area contributed by atoms with Gasteiger partial charge in [-0.25, -0.2) is 9.59 Å². The predicted octanol–water partition coefficient (Wildman–Crippen LogP) is 4.03. The molecule has 2 aromatic carbocycles. The van der Waals surface area contributed by atoms with Crippen LogP contribution in [0.4, 0.5) is 4.79 Å². The second kappa shape index (κ2) is 10.7. The van der Waals surface area contributed by atoms with Crippen LogP contribution in [0.2, 0.25) is 0 Å². The third kappa shape index (κ3) is 6.05. The highest BCUT2D eigenvalue weighted by Gasteiger charge is 2.35. The lowest BCUT2D eigenvalue weighted by Crippen LogP contribution is -2.50. The van der Waals surface area contributed by atoms with Gasteiger partial charge in [0.25, 0.3) is 0 Å². The van der Waals surface area contributed by atoms with Crippen LogP contribution in [0.1, 0.15) is 50.7 Å². The lowest BCUT2D eigenvalue weighted by Gasteiger charge is -2.34. The van der Waals surface area contributed by atoms with Crippen LogP contribution in [0.15, 0.2) is 48.5 Å². The maximum atomic E-state index is 12.7. The molecular formula is C28H34N2O6. The Morgan fingerprint density at radius 1 is 1.00 bits per heavy atom. The monoisotopic (exact) mass is 494 g/mol. The Labute approximate surface area is 211 Å². The van der Waals surface area contributed by atoms with Crippen molar-refractivity contribution in [3.63, 3.8) is 0 Å². The van der Waals surface area contributed by atoms with Crippen molar-refractivity contribution in [1.29, 1.82) is 0 Å². The Bertz CT molecular complexity index is 1070. The number of nitrogens with zero attached hydrogens (tertiary/aromatic N) is 1. The Morgan fingerprint density at radius 2 is 1.56 bits per heavy atom. The molecule has 1 aliphatic heterocycles. The lowest BCUT2D eigenvalue weighted by molar-refractivity contribution is -0.156. The summed E-state index contributed by atoms with van der Waals surface area (Å²) in [5, 5.41) is 12.4. The van der Waals surface area contributed by atoms with Gasteiger partial charge in [0.1, 0.15) is 18.2 Å². The number of benzene rings is 2. The smallest absolute Gasteiger partial charge is 0.407 e. The Kier molecular flexibility index (Phi) is 7.64. The van der Waals surface area contributed by atoms with Crippen molar-refractivity contribution in [2.24, 2.45) is 5.92 Å². The van der Waals surface area contributed by atoms with E-state index in [1.54, 1.807) is 0 Å². The first-order valence-corrected chi connectivity index (χ1v) is 12.4. The molecule has 8 heteroatoms. The summed E-state index contributed by atoms with van der Waals surface area (Å²) in [4.78, 5) is 38.7. The molecule has 192 valence electrons. The first-order valence-electron chi connectivity index (χ1n) is 12.4. The molecule has 0 bridgehead atoms. The van der Waals surface area contributed by atoms with Gasteiger partial charge in [-0.3, -0.25) is 9.69 Å². The van der Waals surface area contributed by atoms with Crippen molar-refractivity contribution >= 4 is 18.0 Å². The molecule has 1 fully saturated rings. The van der Waals surface area contributed by atoms with Crippen molar-refractivity contribution in [2.45, 2.75) is 51.2 Å². The number of aliphatic carboxylic acids is 1. The standard InChI is InChI=1S/C28H34N2O6/c1-28(2,3)36-24(31)16-30-14-12-18(13-15-30)25(26(32)33)29-27(34)35-17-23-21-10-6-4-8-19(21)20-9-5-7-11-22(20)23/h4-11,18,23,25H,12-17H2,1-3H3,(H,29,34)(H,32,33). The molecule has 1 saturated heterocycles. The highest BCUT2D eigenvalue weighted by atomic mass is 16.6. The number of fused-ring (bicyclic) bond motifs is 3. The summed E-state index contributed by atoms with van der Waals surface area (Å²) in [5.41, 5.74) is 3.90. The number of esters is 1. The van der Waals surface area contributed by atoms with Crippen LogP contribution in [0.3, 0.4) is 0 Å². The zero-order valence-electron chi connectivity index (χ0n) is 21.0. The van der Waals surface area contributed by atoms with Crippen LogP contribution >= 0.6 is 0 Å². The van der Waals surface area contributed by atoms with Gasteiger partial charge in [-0.2, -0.15) is 0 Å². The summed E-state index contributed by atoms with van der Waals surface area (Å²) in [7, 11) is 0. The van der Waals surface area contributed by atoms with Crippen molar-refractivity contribution in [1.82, 2.24) is 10.2 Å². The lowest BCUT2D eigenvalue weighted by atomic mass is 9.89. The number of hydrogen-bond donors (Lipinski definition) is 2. The maximum Gasteiger partial charge on any atom is 0.407 e. The van der Waals surface area contributed by atoms with E-state index in [1.807, 2.05) is 62.1 Å². The van der Waals surface area contributed by atoms with Crippen LogP contribution in [0, 0.1) is 5.92 Å². The number of carboxylic acid groups (broad SMARTS) is 1. The summed E-state index contributed by atoms with van der Waals surface area (Å²) in [5.74, 6) is -1.73. The van der Waals surface area contributed by atoms with E-state index < -0.39 is 23.7 Å². The zero-order valence-corrected chi connectivity index (χ0v) is 21.0. The number of alkyl carbamates (subject to hydrolysis) is 1. The Balaban J connectivity index is 1.31. The average molecular weight is 495 g/mol. The van der Waals surface area contributed by atoms with E-state index in [2.05, 4.69) is 17.4 Å². The number of ether oxygens (including phenoxy) is 2. The van der Waals surface area contributed by atoms with Gasteiger partial charge in [0.05, 0.1) is 6.54 Å². The van der Waals surface area contributed by atoms with E-state index in [-0.39, 0.29) is 31.0 Å². The molecule has 0 spiro atoms. The van der Waals surface area contributed by atoms with Gasteiger partial charge < -0.3 is 19.9 Å². The first kappa shape index (κ1) is 25.7. The number of nitrogens with one attached hydrogen (secondary N) is 1. The van der Waals surface area contributed by atoms with Gasteiger partial charge in [-0.1, -0.05) is 48.5 Å². The van der Waals surface area contributed by atoms with E-state index in [0.29, 0.717) is 25.9 Å². The minimum absolute atomic E-state index is 0.0949. The maximum absolute atomic E-state index is 12.7. The van der Waals surface area contributed by atoms with Crippen molar-refractivity contribution in [3.05, 3.63) is 59.7 Å². The van der Waals surface area contributed by atoms with Gasteiger partial charge in [-0.05, 0) is 74.9 Å². The third-order valence-electron chi connectivity index (χ3n) is 6.76. The van der Waals surface area contributed by atoms with Crippen molar-refractivity contribution < 1.29 is 29.0 Å². The second-order valence-electron chi connectivity index (χ2n) is 10.5. The molecule has 1 unspecified atom stereocenters. The minimum Gasteiger partial charge on any atom is -0.480 e. The predicted molar refractivity (Wildman–Crippen MR) is 135 cm³/mol. The third-order valence-corrected chi connectivity index (χ3v) is 6.76. The number of amides is 1. The number of carbonyl (C=O) groups excluding carboxylic acids is 2. The number of carbonyl (C=O) groups is 3. The minimum atomic E-state index is -1.09. The van der Waals surface area contributed by atoms with Crippen molar-refractivity contribution in [3.8, 4) is 11.1 Å². The molecule has 2 aliphatic rings. The molecule has 0 radical (unpaired) electrons. The van der Waals surface area contributed by atoms with Crippen LogP contribution in [0.25, 0.3) is 11.1 Å². The van der Waals surface area contributed by atoms with Crippen LogP contribution < -0.4 is 5.32 Å². The van der Waals surface area contributed by atoms with Crippen LogP contribution in [0.5, 0.6) is 0 Å². The average Bonchev–Trinajstić information content (AvgIpc) is 3.14. The summed E-state index contributed by atoms with van der Waals surface area (Å²) in [6.07, 6.45) is 0.354. The molecule has 36 heavy (non-hydrogen) atoms.